The highest BCUT2D eigenvalue weighted by Gasteiger charge is 1.98. The van der Waals surface area contributed by atoms with E-state index < -0.39 is 0 Å². The van der Waals surface area contributed by atoms with Crippen molar-refractivity contribution in [2.24, 2.45) is 0 Å². The smallest absolute Gasteiger partial charge is 0.154 e. The van der Waals surface area contributed by atoms with Gasteiger partial charge in [0.2, 0.25) is 0 Å². The Hall–Kier alpha value is -0.540. The third-order valence-electron chi connectivity index (χ3n) is 1.07. The van der Waals surface area contributed by atoms with Crippen LogP contribution in [-0.2, 0) is 14.2 Å². The first-order valence-corrected chi connectivity index (χ1v) is 3.77. The summed E-state index contributed by atoms with van der Waals surface area (Å²) >= 11 is 0. The van der Waals surface area contributed by atoms with Gasteiger partial charge in [-0.3, -0.25) is 0 Å². The van der Waals surface area contributed by atoms with Gasteiger partial charge in [0.05, 0.1) is 12.9 Å². The van der Waals surface area contributed by atoms with Crippen LogP contribution in [0.25, 0.3) is 0 Å². The molecule has 66 valence electrons. The predicted octanol–water partition coefficient (Wildman–Crippen LogP) is 1.55. The number of hydrogen-bond acceptors (Lipinski definition) is 3. The summed E-state index contributed by atoms with van der Waals surface area (Å²) in [4.78, 5) is 0. The van der Waals surface area contributed by atoms with E-state index >= 15 is 0 Å². The molecular weight excluding hydrogens is 144 g/mol. The molecule has 0 fully saturated rings. The maximum Gasteiger partial charge on any atom is 0.154 e. The average molecular weight is 160 g/mol. The molecule has 0 N–H and O–H groups in total. The number of rotatable bonds is 7. The minimum absolute atomic E-state index is 0.145. The first-order chi connectivity index (χ1) is 5.31. The molecule has 0 bridgehead atoms. The standard InChI is InChI=1S/C8H16O3/c1-4-9-6-7-11-8(3)10-5-2/h4,8H,1,5-7H2,2-3H3. The summed E-state index contributed by atoms with van der Waals surface area (Å²) in [6.07, 6.45) is 1.25. The van der Waals surface area contributed by atoms with Crippen molar-refractivity contribution >= 4 is 0 Å². The van der Waals surface area contributed by atoms with Gasteiger partial charge in [-0.2, -0.15) is 0 Å². The van der Waals surface area contributed by atoms with Crippen LogP contribution in [0.3, 0.4) is 0 Å². The molecule has 0 aliphatic rings. The van der Waals surface area contributed by atoms with E-state index in [1.165, 1.54) is 6.26 Å². The zero-order chi connectivity index (χ0) is 8.53. The fourth-order valence-corrected chi connectivity index (χ4v) is 0.628. The summed E-state index contributed by atoms with van der Waals surface area (Å²) in [5, 5.41) is 0. The summed E-state index contributed by atoms with van der Waals surface area (Å²) in [7, 11) is 0. The molecule has 0 rings (SSSR count). The van der Waals surface area contributed by atoms with E-state index in [-0.39, 0.29) is 6.29 Å². The third-order valence-corrected chi connectivity index (χ3v) is 1.07. The Morgan fingerprint density at radius 3 is 2.64 bits per heavy atom. The van der Waals surface area contributed by atoms with Crippen LogP contribution < -0.4 is 0 Å². The molecule has 3 nitrogen and oxygen atoms in total. The van der Waals surface area contributed by atoms with Gasteiger partial charge in [0.15, 0.2) is 6.29 Å². The molecule has 0 aliphatic heterocycles. The van der Waals surface area contributed by atoms with Crippen molar-refractivity contribution in [1.82, 2.24) is 0 Å². The molecule has 0 heterocycles. The summed E-state index contributed by atoms with van der Waals surface area (Å²) in [6, 6.07) is 0. The van der Waals surface area contributed by atoms with Crippen molar-refractivity contribution in [1.29, 1.82) is 0 Å². The molecule has 0 spiro atoms. The van der Waals surface area contributed by atoms with Crippen LogP contribution in [-0.4, -0.2) is 26.1 Å². The van der Waals surface area contributed by atoms with Crippen molar-refractivity contribution in [2.75, 3.05) is 19.8 Å². The van der Waals surface area contributed by atoms with Crippen LogP contribution in [0, 0.1) is 0 Å². The molecule has 0 saturated heterocycles. The second kappa shape index (κ2) is 7.57. The van der Waals surface area contributed by atoms with Crippen molar-refractivity contribution in [3.05, 3.63) is 12.8 Å². The maximum absolute atomic E-state index is 5.19. The molecule has 1 unspecified atom stereocenters. The number of ether oxygens (including phenoxy) is 3. The lowest BCUT2D eigenvalue weighted by Gasteiger charge is -2.11. The van der Waals surface area contributed by atoms with Crippen LogP contribution in [0.4, 0.5) is 0 Å². The fraction of sp³-hybridized carbons (Fsp3) is 0.750. The van der Waals surface area contributed by atoms with Gasteiger partial charge in [0.25, 0.3) is 0 Å². The van der Waals surface area contributed by atoms with Gasteiger partial charge in [0, 0.05) is 6.61 Å². The molecule has 0 saturated carbocycles. The Labute approximate surface area is 67.9 Å². The predicted molar refractivity (Wildman–Crippen MR) is 43.2 cm³/mol. The van der Waals surface area contributed by atoms with E-state index in [1.54, 1.807) is 0 Å². The van der Waals surface area contributed by atoms with E-state index in [2.05, 4.69) is 6.58 Å². The second-order valence-electron chi connectivity index (χ2n) is 1.93. The Morgan fingerprint density at radius 1 is 1.36 bits per heavy atom. The van der Waals surface area contributed by atoms with E-state index in [1.807, 2.05) is 13.8 Å². The van der Waals surface area contributed by atoms with E-state index in [0.717, 1.165) is 0 Å². The van der Waals surface area contributed by atoms with Gasteiger partial charge in [-0.25, -0.2) is 0 Å². The van der Waals surface area contributed by atoms with Crippen LogP contribution >= 0.6 is 0 Å². The van der Waals surface area contributed by atoms with E-state index in [9.17, 15) is 0 Å². The van der Waals surface area contributed by atoms with Crippen LogP contribution in [0.15, 0.2) is 12.8 Å². The molecule has 0 radical (unpaired) electrons. The van der Waals surface area contributed by atoms with Gasteiger partial charge in [0.1, 0.15) is 6.61 Å². The molecule has 0 aromatic rings. The summed E-state index contributed by atoms with van der Waals surface area (Å²) in [5.41, 5.74) is 0. The lowest BCUT2D eigenvalue weighted by molar-refractivity contribution is -0.132. The van der Waals surface area contributed by atoms with Crippen molar-refractivity contribution in [2.45, 2.75) is 20.1 Å². The third kappa shape index (κ3) is 7.36. The minimum Gasteiger partial charge on any atom is -0.499 e. The molecule has 0 aliphatic carbocycles. The first-order valence-electron chi connectivity index (χ1n) is 3.77. The van der Waals surface area contributed by atoms with Crippen molar-refractivity contribution in [3.8, 4) is 0 Å². The quantitative estimate of drug-likeness (QED) is 0.321. The molecule has 3 heteroatoms. The first kappa shape index (κ1) is 10.5. The lowest BCUT2D eigenvalue weighted by Crippen LogP contribution is -2.15. The van der Waals surface area contributed by atoms with Crippen LogP contribution in [0.2, 0.25) is 0 Å². The molecule has 0 aromatic heterocycles. The molecular formula is C8H16O3. The molecule has 0 amide bonds. The van der Waals surface area contributed by atoms with Crippen molar-refractivity contribution < 1.29 is 14.2 Å². The molecule has 0 aromatic carbocycles. The summed E-state index contributed by atoms with van der Waals surface area (Å²) in [6.45, 7) is 8.93. The van der Waals surface area contributed by atoms with Crippen molar-refractivity contribution in [3.63, 3.8) is 0 Å². The summed E-state index contributed by atoms with van der Waals surface area (Å²) < 4.78 is 15.2. The van der Waals surface area contributed by atoms with Gasteiger partial charge < -0.3 is 14.2 Å². The second-order valence-corrected chi connectivity index (χ2v) is 1.93. The maximum atomic E-state index is 5.19. The zero-order valence-electron chi connectivity index (χ0n) is 7.21. The highest BCUT2D eigenvalue weighted by molar-refractivity contribution is 4.47. The zero-order valence-corrected chi connectivity index (χ0v) is 7.21. The fourth-order valence-electron chi connectivity index (χ4n) is 0.628. The SMILES string of the molecule is C=COCCOC(C)OCC. The Balaban J connectivity index is 3.03. The Bertz CT molecular complexity index is 93.3. The van der Waals surface area contributed by atoms with Crippen LogP contribution in [0.5, 0.6) is 0 Å². The molecule has 11 heavy (non-hydrogen) atoms. The lowest BCUT2D eigenvalue weighted by atomic mass is 10.7. The van der Waals surface area contributed by atoms with Crippen LogP contribution in [0.1, 0.15) is 13.8 Å². The van der Waals surface area contributed by atoms with E-state index in [0.29, 0.717) is 19.8 Å². The Morgan fingerprint density at radius 2 is 2.09 bits per heavy atom. The normalized spacial score (nSPS) is 12.5. The monoisotopic (exact) mass is 160 g/mol. The van der Waals surface area contributed by atoms with Gasteiger partial charge >= 0.3 is 0 Å². The highest BCUT2D eigenvalue weighted by atomic mass is 16.7. The summed E-state index contributed by atoms with van der Waals surface area (Å²) in [5.74, 6) is 0. The topological polar surface area (TPSA) is 27.7 Å². The highest BCUT2D eigenvalue weighted by Crippen LogP contribution is 1.92. The Kier molecular flexibility index (Phi) is 7.19. The average Bonchev–Trinajstić information content (AvgIpc) is 1.99. The van der Waals surface area contributed by atoms with Gasteiger partial charge in [-0.1, -0.05) is 6.58 Å². The molecule has 1 atom stereocenters. The minimum atomic E-state index is -0.145. The largest absolute Gasteiger partial charge is 0.499 e. The number of hydrogen-bond donors (Lipinski definition) is 0. The van der Waals surface area contributed by atoms with E-state index in [4.69, 9.17) is 14.2 Å². The van der Waals surface area contributed by atoms with Gasteiger partial charge in [-0.15, -0.1) is 0 Å². The van der Waals surface area contributed by atoms with Gasteiger partial charge in [-0.05, 0) is 13.8 Å².